The average Bonchev–Trinajstić information content (AvgIpc) is 3.12. The number of hydrogen-bond acceptors (Lipinski definition) is 5. The van der Waals surface area contributed by atoms with E-state index in [0.717, 1.165) is 17.1 Å². The Labute approximate surface area is 185 Å². The van der Waals surface area contributed by atoms with Crippen molar-refractivity contribution < 1.29 is 4.74 Å². The minimum absolute atomic E-state index is 0.136. The monoisotopic (exact) mass is 421 g/mol. The topological polar surface area (TPSA) is 64.3 Å². The van der Waals surface area contributed by atoms with Crippen molar-refractivity contribution >= 4 is 11.5 Å². The summed E-state index contributed by atoms with van der Waals surface area (Å²) in [6, 6.07) is 6.68. The minimum atomic E-state index is 0.136. The number of nitrogens with zero attached hydrogens (tertiary/aromatic N) is 4. The first-order chi connectivity index (χ1) is 14.9. The summed E-state index contributed by atoms with van der Waals surface area (Å²) in [5, 5.41) is 8.34. The SMILES string of the molecule is Cc1cc(-c2cc(C3CCC(C)CC3)n3nc(N[C@@H](C)COC(C)C)ncc23)ccn1. The Hall–Kier alpha value is -2.47. The lowest BCUT2D eigenvalue weighted by Gasteiger charge is -2.25. The molecule has 0 aliphatic heterocycles. The predicted octanol–water partition coefficient (Wildman–Crippen LogP) is 5.62. The van der Waals surface area contributed by atoms with Gasteiger partial charge in [-0.15, -0.1) is 5.10 Å². The highest BCUT2D eigenvalue weighted by atomic mass is 16.5. The Kier molecular flexibility index (Phi) is 6.56. The molecule has 3 aromatic heterocycles. The maximum Gasteiger partial charge on any atom is 0.241 e. The fourth-order valence-electron chi connectivity index (χ4n) is 4.47. The van der Waals surface area contributed by atoms with E-state index in [2.05, 4.69) is 65.7 Å². The van der Waals surface area contributed by atoms with Gasteiger partial charge in [0.05, 0.1) is 24.4 Å². The molecule has 1 saturated carbocycles. The van der Waals surface area contributed by atoms with Crippen molar-refractivity contribution in [2.45, 2.75) is 78.4 Å². The van der Waals surface area contributed by atoms with Gasteiger partial charge >= 0.3 is 0 Å². The van der Waals surface area contributed by atoms with Crippen LogP contribution >= 0.6 is 0 Å². The molecule has 1 fully saturated rings. The molecule has 3 heterocycles. The van der Waals surface area contributed by atoms with Crippen LogP contribution in [0.25, 0.3) is 16.6 Å². The van der Waals surface area contributed by atoms with Gasteiger partial charge < -0.3 is 10.1 Å². The van der Waals surface area contributed by atoms with Crippen LogP contribution in [0.4, 0.5) is 5.95 Å². The lowest BCUT2D eigenvalue weighted by Crippen LogP contribution is -2.25. The van der Waals surface area contributed by atoms with Gasteiger partial charge in [-0.05, 0) is 70.2 Å². The van der Waals surface area contributed by atoms with Gasteiger partial charge in [0.15, 0.2) is 0 Å². The number of nitrogens with one attached hydrogen (secondary N) is 1. The Balaban J connectivity index is 1.70. The molecule has 1 atom stereocenters. The molecule has 6 nitrogen and oxygen atoms in total. The molecule has 0 bridgehead atoms. The standard InChI is InChI=1S/C25H35N5O/c1-16(2)31-15-19(5)28-25-27-14-24-22(21-10-11-26-18(4)12-21)13-23(30(24)29-25)20-8-6-17(3)7-9-20/h10-14,16-17,19-20H,6-9,15H2,1-5H3,(H,28,29)/t17?,19-,20?/m0/s1. The van der Waals surface area contributed by atoms with Crippen molar-refractivity contribution in [3.05, 3.63) is 42.0 Å². The van der Waals surface area contributed by atoms with Crippen LogP contribution in [0.2, 0.25) is 0 Å². The second-order valence-corrected chi connectivity index (χ2v) is 9.43. The minimum Gasteiger partial charge on any atom is -0.377 e. The smallest absolute Gasteiger partial charge is 0.241 e. The molecule has 0 spiro atoms. The third kappa shape index (κ3) is 5.06. The van der Waals surface area contributed by atoms with E-state index in [4.69, 9.17) is 9.84 Å². The molecule has 0 unspecified atom stereocenters. The largest absolute Gasteiger partial charge is 0.377 e. The summed E-state index contributed by atoms with van der Waals surface area (Å²) in [5.74, 6) is 1.99. The Morgan fingerprint density at radius 1 is 1.13 bits per heavy atom. The molecule has 3 aromatic rings. The number of pyridine rings is 1. The maximum absolute atomic E-state index is 5.73. The van der Waals surface area contributed by atoms with Crippen LogP contribution in [0.15, 0.2) is 30.6 Å². The van der Waals surface area contributed by atoms with Crippen LogP contribution in [0.3, 0.4) is 0 Å². The maximum atomic E-state index is 5.73. The highest BCUT2D eigenvalue weighted by Gasteiger charge is 2.25. The van der Waals surface area contributed by atoms with Gasteiger partial charge in [-0.3, -0.25) is 4.98 Å². The number of aromatic nitrogens is 4. The van der Waals surface area contributed by atoms with Crippen LogP contribution in [0, 0.1) is 12.8 Å². The van der Waals surface area contributed by atoms with Gasteiger partial charge in [0.25, 0.3) is 0 Å². The van der Waals surface area contributed by atoms with Crippen molar-refractivity contribution in [2.24, 2.45) is 5.92 Å². The molecule has 4 rings (SSSR count). The van der Waals surface area contributed by atoms with Crippen molar-refractivity contribution in [1.82, 2.24) is 19.6 Å². The van der Waals surface area contributed by atoms with Crippen molar-refractivity contribution in [3.63, 3.8) is 0 Å². The summed E-state index contributed by atoms with van der Waals surface area (Å²) in [5.41, 5.74) is 5.71. The van der Waals surface area contributed by atoms with Gasteiger partial charge in [-0.1, -0.05) is 19.8 Å². The molecular formula is C25H35N5O. The number of aryl methyl sites for hydroxylation is 1. The summed E-state index contributed by atoms with van der Waals surface area (Å²) in [7, 11) is 0. The van der Waals surface area contributed by atoms with E-state index >= 15 is 0 Å². The average molecular weight is 422 g/mol. The highest BCUT2D eigenvalue weighted by molar-refractivity contribution is 5.81. The van der Waals surface area contributed by atoms with E-state index in [9.17, 15) is 0 Å². The van der Waals surface area contributed by atoms with Crippen LogP contribution in [-0.4, -0.2) is 38.3 Å². The zero-order valence-corrected chi connectivity index (χ0v) is 19.4. The first-order valence-electron chi connectivity index (χ1n) is 11.6. The highest BCUT2D eigenvalue weighted by Crippen LogP contribution is 2.39. The lowest BCUT2D eigenvalue weighted by atomic mass is 9.81. The zero-order chi connectivity index (χ0) is 22.0. The molecule has 1 aliphatic carbocycles. The van der Waals surface area contributed by atoms with E-state index in [1.807, 2.05) is 19.3 Å². The van der Waals surface area contributed by atoms with E-state index in [1.54, 1.807) is 0 Å². The van der Waals surface area contributed by atoms with Gasteiger partial charge in [-0.25, -0.2) is 9.50 Å². The van der Waals surface area contributed by atoms with E-state index in [1.165, 1.54) is 42.5 Å². The second kappa shape index (κ2) is 9.35. The van der Waals surface area contributed by atoms with Crippen molar-refractivity contribution in [2.75, 3.05) is 11.9 Å². The van der Waals surface area contributed by atoms with E-state index in [-0.39, 0.29) is 12.1 Å². The van der Waals surface area contributed by atoms with E-state index < -0.39 is 0 Å². The van der Waals surface area contributed by atoms with Gasteiger partial charge in [0.2, 0.25) is 5.95 Å². The molecule has 0 amide bonds. The number of anilines is 1. The molecule has 0 radical (unpaired) electrons. The zero-order valence-electron chi connectivity index (χ0n) is 19.4. The summed E-state index contributed by atoms with van der Waals surface area (Å²) in [6.45, 7) is 11.2. The Morgan fingerprint density at radius 3 is 2.61 bits per heavy atom. The van der Waals surface area contributed by atoms with Gasteiger partial charge in [0.1, 0.15) is 0 Å². The van der Waals surface area contributed by atoms with Gasteiger partial charge in [-0.2, -0.15) is 0 Å². The Morgan fingerprint density at radius 2 is 1.90 bits per heavy atom. The molecule has 0 saturated heterocycles. The normalized spacial score (nSPS) is 20.3. The summed E-state index contributed by atoms with van der Waals surface area (Å²) in [4.78, 5) is 9.01. The van der Waals surface area contributed by atoms with Crippen LogP contribution in [0.5, 0.6) is 0 Å². The molecule has 166 valence electrons. The van der Waals surface area contributed by atoms with Crippen LogP contribution < -0.4 is 5.32 Å². The number of ether oxygens (including phenoxy) is 1. The summed E-state index contributed by atoms with van der Waals surface area (Å²) in [6.07, 6.45) is 9.03. The molecule has 1 N–H and O–H groups in total. The molecular weight excluding hydrogens is 386 g/mol. The second-order valence-electron chi connectivity index (χ2n) is 9.43. The van der Waals surface area contributed by atoms with Gasteiger partial charge in [0, 0.05) is 35.1 Å². The molecule has 6 heteroatoms. The van der Waals surface area contributed by atoms with Crippen molar-refractivity contribution in [3.8, 4) is 11.1 Å². The summed E-state index contributed by atoms with van der Waals surface area (Å²) < 4.78 is 7.86. The Bertz CT molecular complexity index is 1020. The van der Waals surface area contributed by atoms with Crippen LogP contribution in [0.1, 0.15) is 70.7 Å². The predicted molar refractivity (Wildman–Crippen MR) is 126 cm³/mol. The number of hydrogen-bond donors (Lipinski definition) is 1. The lowest BCUT2D eigenvalue weighted by molar-refractivity contribution is 0.0741. The number of rotatable bonds is 7. The quantitative estimate of drug-likeness (QED) is 0.536. The molecule has 1 aliphatic rings. The number of fused-ring (bicyclic) bond motifs is 1. The molecule has 31 heavy (non-hydrogen) atoms. The fourth-order valence-corrected chi connectivity index (χ4v) is 4.47. The van der Waals surface area contributed by atoms with Crippen LogP contribution in [-0.2, 0) is 4.74 Å². The molecule has 0 aromatic carbocycles. The first-order valence-corrected chi connectivity index (χ1v) is 11.6. The first kappa shape index (κ1) is 21.8. The third-order valence-corrected chi connectivity index (χ3v) is 6.24. The summed E-state index contributed by atoms with van der Waals surface area (Å²) >= 11 is 0. The fraction of sp³-hybridized carbons (Fsp3) is 0.560. The van der Waals surface area contributed by atoms with Crippen molar-refractivity contribution in [1.29, 1.82) is 0 Å². The third-order valence-electron chi connectivity index (χ3n) is 6.24. The van der Waals surface area contributed by atoms with E-state index in [0.29, 0.717) is 18.5 Å².